The number of aromatic nitrogens is 2. The molecule has 1 saturated carbocycles. The van der Waals surface area contributed by atoms with Crippen molar-refractivity contribution in [1.82, 2.24) is 15.1 Å². The van der Waals surface area contributed by atoms with Crippen molar-refractivity contribution in [2.24, 2.45) is 4.99 Å². The van der Waals surface area contributed by atoms with Gasteiger partial charge in [0.1, 0.15) is 5.01 Å². The van der Waals surface area contributed by atoms with E-state index in [-0.39, 0.29) is 23.6 Å². The van der Waals surface area contributed by atoms with E-state index in [1.54, 1.807) is 0 Å². The summed E-state index contributed by atoms with van der Waals surface area (Å²) in [5, 5.41) is 8.84. The smallest absolute Gasteiger partial charge is 0.343 e. The zero-order chi connectivity index (χ0) is 18.6. The summed E-state index contributed by atoms with van der Waals surface area (Å²) in [6.45, 7) is 7.89. The zero-order valence-electron chi connectivity index (χ0n) is 16.3. The van der Waals surface area contributed by atoms with Crippen molar-refractivity contribution in [1.29, 1.82) is 0 Å². The van der Waals surface area contributed by atoms with Crippen LogP contribution >= 0.6 is 11.3 Å². The van der Waals surface area contributed by atoms with Crippen LogP contribution in [0.15, 0.2) is 4.99 Å². The Bertz CT molecular complexity index is 660. The molecule has 146 valence electrons. The third kappa shape index (κ3) is 5.39. The average molecular weight is 381 g/mol. The number of ether oxygens (including phenoxy) is 1. The SMILES string of the molecule is CC(C)(C)c1nn(C[C@H]2CCCO2)/c(=N/C(=O)NC2CCCCCC2)s1. The molecule has 1 aliphatic carbocycles. The molecule has 0 aromatic carbocycles. The van der Waals surface area contributed by atoms with Crippen molar-refractivity contribution in [3.8, 4) is 0 Å². The molecule has 1 N–H and O–H groups in total. The molecular weight excluding hydrogens is 348 g/mol. The van der Waals surface area contributed by atoms with E-state index >= 15 is 0 Å². The minimum atomic E-state index is -0.234. The molecule has 2 fully saturated rings. The Morgan fingerprint density at radius 2 is 1.96 bits per heavy atom. The minimum Gasteiger partial charge on any atom is -0.376 e. The predicted octanol–water partition coefficient (Wildman–Crippen LogP) is 3.75. The molecule has 3 rings (SSSR count). The van der Waals surface area contributed by atoms with Crippen LogP contribution in [0.2, 0.25) is 0 Å². The maximum absolute atomic E-state index is 12.5. The lowest BCUT2D eigenvalue weighted by Gasteiger charge is -2.14. The van der Waals surface area contributed by atoms with Gasteiger partial charge in [0.15, 0.2) is 0 Å². The van der Waals surface area contributed by atoms with E-state index in [9.17, 15) is 4.79 Å². The van der Waals surface area contributed by atoms with E-state index < -0.39 is 0 Å². The van der Waals surface area contributed by atoms with E-state index in [0.717, 1.165) is 37.3 Å². The van der Waals surface area contributed by atoms with E-state index in [1.807, 2.05) is 4.68 Å². The van der Waals surface area contributed by atoms with Gasteiger partial charge >= 0.3 is 6.03 Å². The van der Waals surface area contributed by atoms with Gasteiger partial charge in [-0.3, -0.25) is 0 Å². The Morgan fingerprint density at radius 1 is 1.23 bits per heavy atom. The van der Waals surface area contributed by atoms with Crippen molar-refractivity contribution in [2.45, 2.75) is 96.2 Å². The van der Waals surface area contributed by atoms with Crippen LogP contribution in [0.3, 0.4) is 0 Å². The van der Waals surface area contributed by atoms with Crippen LogP contribution < -0.4 is 10.1 Å². The van der Waals surface area contributed by atoms with Gasteiger partial charge in [-0.2, -0.15) is 10.1 Å². The third-order valence-corrected chi connectivity index (χ3v) is 6.41. The molecule has 1 aliphatic heterocycles. The predicted molar refractivity (Wildman–Crippen MR) is 103 cm³/mol. The lowest BCUT2D eigenvalue weighted by molar-refractivity contribution is 0.0928. The Kier molecular flexibility index (Phi) is 6.51. The van der Waals surface area contributed by atoms with Crippen molar-refractivity contribution in [2.75, 3.05) is 6.61 Å². The van der Waals surface area contributed by atoms with Crippen molar-refractivity contribution < 1.29 is 9.53 Å². The highest BCUT2D eigenvalue weighted by atomic mass is 32.1. The summed E-state index contributed by atoms with van der Waals surface area (Å²) in [5.74, 6) is 0. The highest BCUT2D eigenvalue weighted by Crippen LogP contribution is 2.22. The van der Waals surface area contributed by atoms with Gasteiger partial charge in [0.05, 0.1) is 12.6 Å². The molecular formula is C19H32N4O2S. The fourth-order valence-electron chi connectivity index (χ4n) is 3.51. The summed E-state index contributed by atoms with van der Waals surface area (Å²) in [7, 11) is 0. The first-order valence-electron chi connectivity index (χ1n) is 9.97. The van der Waals surface area contributed by atoms with E-state index in [2.05, 4.69) is 31.1 Å². The molecule has 6 nitrogen and oxygen atoms in total. The second-order valence-corrected chi connectivity index (χ2v) is 9.46. The first-order chi connectivity index (χ1) is 12.4. The largest absolute Gasteiger partial charge is 0.376 e. The van der Waals surface area contributed by atoms with Gasteiger partial charge in [-0.15, -0.1) is 0 Å². The number of amides is 2. The number of rotatable bonds is 3. The summed E-state index contributed by atoms with van der Waals surface area (Å²) in [6, 6.07) is 0.0254. The third-order valence-electron chi connectivity index (χ3n) is 5.04. The normalized spacial score (nSPS) is 23.2. The molecule has 0 radical (unpaired) electrons. The van der Waals surface area contributed by atoms with E-state index in [4.69, 9.17) is 9.84 Å². The van der Waals surface area contributed by atoms with Crippen LogP contribution in [0, 0.1) is 0 Å². The number of nitrogens with one attached hydrogen (secondary N) is 1. The number of carbonyl (C=O) groups excluding carboxylic acids is 1. The standard InChI is InChI=1S/C19H32N4O2S/c1-19(2,3)16-22-23(13-15-11-8-12-25-15)18(26-16)21-17(24)20-14-9-6-4-5-7-10-14/h14-15H,4-13H2,1-3H3,(H,20,24)/b21-18-/t15-/m1/s1. The summed E-state index contributed by atoms with van der Waals surface area (Å²) in [5.41, 5.74) is -0.0610. The number of hydrogen-bond donors (Lipinski definition) is 1. The molecule has 2 aliphatic rings. The molecule has 7 heteroatoms. The molecule has 1 aromatic heterocycles. The van der Waals surface area contributed by atoms with Crippen LogP contribution in [0.4, 0.5) is 4.79 Å². The quantitative estimate of drug-likeness (QED) is 0.812. The molecule has 0 unspecified atom stereocenters. The van der Waals surface area contributed by atoms with E-state index in [0.29, 0.717) is 11.3 Å². The maximum atomic E-state index is 12.5. The molecule has 2 heterocycles. The van der Waals surface area contributed by atoms with Crippen LogP contribution in [-0.2, 0) is 16.7 Å². The fraction of sp³-hybridized carbons (Fsp3) is 0.842. The summed E-state index contributed by atoms with van der Waals surface area (Å²) in [6.07, 6.45) is 9.37. The molecule has 0 spiro atoms. The molecule has 26 heavy (non-hydrogen) atoms. The van der Waals surface area contributed by atoms with E-state index in [1.165, 1.54) is 37.0 Å². The summed E-state index contributed by atoms with van der Waals surface area (Å²) >= 11 is 1.51. The molecule has 0 bridgehead atoms. The average Bonchev–Trinajstić information content (AvgIpc) is 3.14. The van der Waals surface area contributed by atoms with Gasteiger partial charge in [-0.25, -0.2) is 9.48 Å². The van der Waals surface area contributed by atoms with Gasteiger partial charge in [0.2, 0.25) is 4.80 Å². The number of carbonyl (C=O) groups is 1. The highest BCUT2D eigenvalue weighted by Gasteiger charge is 2.23. The van der Waals surface area contributed by atoms with Gasteiger partial charge < -0.3 is 10.1 Å². The number of urea groups is 1. The lowest BCUT2D eigenvalue weighted by atomic mass is 9.98. The van der Waals surface area contributed by atoms with Gasteiger partial charge in [-0.1, -0.05) is 57.8 Å². The molecule has 1 atom stereocenters. The van der Waals surface area contributed by atoms with Crippen LogP contribution in [0.25, 0.3) is 0 Å². The monoisotopic (exact) mass is 380 g/mol. The maximum Gasteiger partial charge on any atom is 0.343 e. The Labute approximate surface area is 160 Å². The minimum absolute atomic E-state index is 0.0610. The highest BCUT2D eigenvalue weighted by molar-refractivity contribution is 7.09. The van der Waals surface area contributed by atoms with Crippen LogP contribution in [0.5, 0.6) is 0 Å². The second kappa shape index (κ2) is 8.65. The number of hydrogen-bond acceptors (Lipinski definition) is 4. The Morgan fingerprint density at radius 3 is 2.58 bits per heavy atom. The topological polar surface area (TPSA) is 68.5 Å². The second-order valence-electron chi connectivity index (χ2n) is 8.51. The van der Waals surface area contributed by atoms with Gasteiger partial charge in [0, 0.05) is 18.1 Å². The summed E-state index contributed by atoms with van der Waals surface area (Å²) in [4.78, 5) is 17.5. The van der Waals surface area contributed by atoms with Crippen molar-refractivity contribution >= 4 is 17.4 Å². The Hall–Kier alpha value is -1.21. The fourth-order valence-corrected chi connectivity index (χ4v) is 4.48. The van der Waals surface area contributed by atoms with Crippen molar-refractivity contribution in [3.05, 3.63) is 9.81 Å². The van der Waals surface area contributed by atoms with Gasteiger partial charge in [0.25, 0.3) is 0 Å². The number of nitrogens with zero attached hydrogens (tertiary/aromatic N) is 3. The first kappa shape index (κ1) is 19.5. The zero-order valence-corrected chi connectivity index (χ0v) is 17.1. The molecule has 1 saturated heterocycles. The molecule has 1 aromatic rings. The lowest BCUT2D eigenvalue weighted by Crippen LogP contribution is -2.34. The van der Waals surface area contributed by atoms with Crippen LogP contribution in [-0.4, -0.2) is 34.6 Å². The van der Waals surface area contributed by atoms with Crippen molar-refractivity contribution in [3.63, 3.8) is 0 Å². The first-order valence-corrected chi connectivity index (χ1v) is 10.8. The van der Waals surface area contributed by atoms with Gasteiger partial charge in [-0.05, 0) is 25.7 Å². The molecule has 2 amide bonds. The van der Waals surface area contributed by atoms with Crippen LogP contribution in [0.1, 0.15) is 77.1 Å². The summed E-state index contributed by atoms with van der Waals surface area (Å²) < 4.78 is 7.62. The Balaban J connectivity index is 1.77.